The van der Waals surface area contributed by atoms with Crippen LogP contribution in [0.5, 0.6) is 0 Å². The normalized spacial score (nSPS) is 12.3. The molecule has 1 heterocycles. The van der Waals surface area contributed by atoms with Gasteiger partial charge < -0.3 is 5.11 Å². The Labute approximate surface area is 109 Å². The number of rotatable bonds is 4. The largest absolute Gasteiger partial charge is 0.481 e. The van der Waals surface area contributed by atoms with Crippen LogP contribution in [0.3, 0.4) is 0 Å². The van der Waals surface area contributed by atoms with E-state index in [4.69, 9.17) is 16.7 Å². The van der Waals surface area contributed by atoms with Crippen molar-refractivity contribution >= 4 is 17.6 Å². The predicted molar refractivity (Wildman–Crippen MR) is 66.9 cm³/mol. The highest BCUT2D eigenvalue weighted by Crippen LogP contribution is 2.21. The van der Waals surface area contributed by atoms with Crippen LogP contribution in [-0.4, -0.2) is 26.1 Å². The molecule has 1 aromatic heterocycles. The molecule has 0 bridgehead atoms. The summed E-state index contributed by atoms with van der Waals surface area (Å²) in [5.74, 6) is -1.34. The average Bonchev–Trinajstić information content (AvgIpc) is 2.77. The highest BCUT2D eigenvalue weighted by atomic mass is 35.5. The lowest BCUT2D eigenvalue weighted by molar-refractivity contribution is -0.141. The molecule has 0 fully saturated rings. The van der Waals surface area contributed by atoms with E-state index in [0.717, 1.165) is 5.69 Å². The van der Waals surface area contributed by atoms with E-state index >= 15 is 0 Å². The summed E-state index contributed by atoms with van der Waals surface area (Å²) in [4.78, 5) is 10.9. The monoisotopic (exact) mass is 265 g/mol. The van der Waals surface area contributed by atoms with Crippen LogP contribution in [-0.2, 0) is 11.2 Å². The second-order valence-electron chi connectivity index (χ2n) is 4.03. The van der Waals surface area contributed by atoms with Gasteiger partial charge in [-0.15, -0.1) is 5.10 Å². The molecule has 2 rings (SSSR count). The first-order valence-electron chi connectivity index (χ1n) is 5.47. The van der Waals surface area contributed by atoms with Crippen LogP contribution in [0.15, 0.2) is 30.5 Å². The van der Waals surface area contributed by atoms with Gasteiger partial charge in [0.05, 0.1) is 28.5 Å². The molecule has 1 atom stereocenters. The van der Waals surface area contributed by atoms with Crippen LogP contribution in [0.25, 0.3) is 5.69 Å². The maximum absolute atomic E-state index is 10.9. The lowest BCUT2D eigenvalue weighted by Crippen LogP contribution is -2.15. The van der Waals surface area contributed by atoms with E-state index in [1.165, 1.54) is 0 Å². The van der Waals surface area contributed by atoms with Crippen LogP contribution < -0.4 is 0 Å². The Morgan fingerprint density at radius 2 is 2.22 bits per heavy atom. The molecule has 1 aromatic carbocycles. The van der Waals surface area contributed by atoms with E-state index in [0.29, 0.717) is 17.1 Å². The first kappa shape index (κ1) is 12.6. The van der Waals surface area contributed by atoms with E-state index in [-0.39, 0.29) is 0 Å². The van der Waals surface area contributed by atoms with Gasteiger partial charge in [0.15, 0.2) is 0 Å². The molecule has 94 valence electrons. The standard InChI is InChI=1S/C12H12ClN3O2/c1-8(12(17)18)6-9-7-14-15-16(9)11-5-3-2-4-10(11)13/h2-5,7-8H,6H2,1H3,(H,17,18). The first-order chi connectivity index (χ1) is 8.59. The number of benzene rings is 1. The van der Waals surface area contributed by atoms with Crippen LogP contribution in [0.2, 0.25) is 5.02 Å². The summed E-state index contributed by atoms with van der Waals surface area (Å²) in [5.41, 5.74) is 1.42. The van der Waals surface area contributed by atoms with Crippen molar-refractivity contribution in [3.63, 3.8) is 0 Å². The van der Waals surface area contributed by atoms with E-state index in [2.05, 4.69) is 10.3 Å². The molecule has 0 spiro atoms. The Balaban J connectivity index is 2.34. The second kappa shape index (κ2) is 5.18. The zero-order valence-electron chi connectivity index (χ0n) is 9.75. The number of para-hydroxylation sites is 1. The van der Waals surface area contributed by atoms with Crippen LogP contribution in [0.1, 0.15) is 12.6 Å². The van der Waals surface area contributed by atoms with Gasteiger partial charge in [-0.3, -0.25) is 4.79 Å². The number of hydrogen-bond acceptors (Lipinski definition) is 3. The maximum atomic E-state index is 10.9. The molecule has 0 amide bonds. The SMILES string of the molecule is CC(Cc1cnnn1-c1ccccc1Cl)C(=O)O. The number of aromatic nitrogens is 3. The molecule has 1 N–H and O–H groups in total. The molecule has 0 aliphatic rings. The van der Waals surface area contributed by atoms with Gasteiger partial charge in [-0.2, -0.15) is 0 Å². The summed E-state index contributed by atoms with van der Waals surface area (Å²) in [6, 6.07) is 7.23. The molecule has 0 saturated heterocycles. The Bertz CT molecular complexity index is 568. The molecule has 0 saturated carbocycles. The predicted octanol–water partition coefficient (Wildman–Crippen LogP) is 2.18. The van der Waals surface area contributed by atoms with Crippen molar-refractivity contribution in [1.82, 2.24) is 15.0 Å². The summed E-state index contributed by atoms with van der Waals surface area (Å²) < 4.78 is 1.57. The van der Waals surface area contributed by atoms with E-state index in [9.17, 15) is 4.79 Å². The molecule has 0 radical (unpaired) electrons. The summed E-state index contributed by atoms with van der Waals surface area (Å²) >= 11 is 6.08. The molecule has 5 nitrogen and oxygen atoms in total. The number of carbonyl (C=O) groups is 1. The summed E-state index contributed by atoms with van der Waals surface area (Å²) in [7, 11) is 0. The molecule has 1 unspecified atom stereocenters. The Hall–Kier alpha value is -1.88. The maximum Gasteiger partial charge on any atom is 0.306 e. The van der Waals surface area contributed by atoms with Crippen molar-refractivity contribution in [3.05, 3.63) is 41.2 Å². The quantitative estimate of drug-likeness (QED) is 0.920. The van der Waals surface area contributed by atoms with Crippen molar-refractivity contribution in [2.75, 3.05) is 0 Å². The lowest BCUT2D eigenvalue weighted by atomic mass is 10.1. The number of carboxylic acid groups (broad SMARTS) is 1. The fourth-order valence-electron chi connectivity index (χ4n) is 1.62. The zero-order chi connectivity index (χ0) is 13.1. The van der Waals surface area contributed by atoms with Crippen molar-refractivity contribution < 1.29 is 9.90 Å². The average molecular weight is 266 g/mol. The van der Waals surface area contributed by atoms with Gasteiger partial charge in [0.25, 0.3) is 0 Å². The zero-order valence-corrected chi connectivity index (χ0v) is 10.5. The number of carboxylic acids is 1. The van der Waals surface area contributed by atoms with Gasteiger partial charge in [0, 0.05) is 6.42 Å². The first-order valence-corrected chi connectivity index (χ1v) is 5.84. The highest BCUT2D eigenvalue weighted by molar-refractivity contribution is 6.32. The van der Waals surface area contributed by atoms with Gasteiger partial charge >= 0.3 is 5.97 Å². The van der Waals surface area contributed by atoms with Crippen molar-refractivity contribution in [2.24, 2.45) is 5.92 Å². The molecule has 0 aliphatic carbocycles. The van der Waals surface area contributed by atoms with Crippen molar-refractivity contribution in [3.8, 4) is 5.69 Å². The second-order valence-corrected chi connectivity index (χ2v) is 4.44. The van der Waals surface area contributed by atoms with Crippen LogP contribution in [0, 0.1) is 5.92 Å². The van der Waals surface area contributed by atoms with E-state index in [1.807, 2.05) is 18.2 Å². The molecule has 2 aromatic rings. The molecular formula is C12H12ClN3O2. The van der Waals surface area contributed by atoms with Gasteiger partial charge in [-0.1, -0.05) is 35.9 Å². The number of nitrogens with zero attached hydrogens (tertiary/aromatic N) is 3. The smallest absolute Gasteiger partial charge is 0.306 e. The third-order valence-corrected chi connectivity index (χ3v) is 2.96. The third kappa shape index (κ3) is 2.51. The van der Waals surface area contributed by atoms with E-state index in [1.54, 1.807) is 23.9 Å². The third-order valence-electron chi connectivity index (χ3n) is 2.64. The Morgan fingerprint density at radius 1 is 1.50 bits per heavy atom. The summed E-state index contributed by atoms with van der Waals surface area (Å²) in [6.45, 7) is 1.65. The minimum atomic E-state index is -0.845. The van der Waals surface area contributed by atoms with Crippen LogP contribution in [0.4, 0.5) is 0 Å². The summed E-state index contributed by atoms with van der Waals surface area (Å²) in [5, 5.41) is 17.2. The molecule has 18 heavy (non-hydrogen) atoms. The highest BCUT2D eigenvalue weighted by Gasteiger charge is 2.16. The van der Waals surface area contributed by atoms with Gasteiger partial charge in [-0.05, 0) is 12.1 Å². The minimum Gasteiger partial charge on any atom is -0.481 e. The van der Waals surface area contributed by atoms with Crippen LogP contribution >= 0.6 is 11.6 Å². The molecule has 6 heteroatoms. The fraction of sp³-hybridized carbons (Fsp3) is 0.250. The topological polar surface area (TPSA) is 68.0 Å². The van der Waals surface area contributed by atoms with Crippen molar-refractivity contribution in [1.29, 1.82) is 0 Å². The number of hydrogen-bond donors (Lipinski definition) is 1. The Kier molecular flexibility index (Phi) is 3.62. The summed E-state index contributed by atoms with van der Waals surface area (Å²) in [6.07, 6.45) is 1.91. The van der Waals surface area contributed by atoms with Gasteiger partial charge in [0.1, 0.15) is 0 Å². The van der Waals surface area contributed by atoms with E-state index < -0.39 is 11.9 Å². The molecule has 0 aliphatic heterocycles. The Morgan fingerprint density at radius 3 is 2.89 bits per heavy atom. The minimum absolute atomic E-state index is 0.355. The van der Waals surface area contributed by atoms with Crippen molar-refractivity contribution in [2.45, 2.75) is 13.3 Å². The number of aliphatic carboxylic acids is 1. The lowest BCUT2D eigenvalue weighted by Gasteiger charge is -2.09. The van der Waals surface area contributed by atoms with Gasteiger partial charge in [0.2, 0.25) is 0 Å². The van der Waals surface area contributed by atoms with Gasteiger partial charge in [-0.25, -0.2) is 4.68 Å². The fourth-order valence-corrected chi connectivity index (χ4v) is 1.84. The number of halogens is 1. The molecular weight excluding hydrogens is 254 g/mol.